The van der Waals surface area contributed by atoms with Crippen molar-refractivity contribution in [1.82, 2.24) is 9.78 Å². The number of nitrogens with zero attached hydrogens (tertiary/aromatic N) is 2. The third kappa shape index (κ3) is 3.85. The van der Waals surface area contributed by atoms with Crippen LogP contribution in [0, 0.1) is 5.92 Å². The van der Waals surface area contributed by atoms with Crippen LogP contribution in [0.25, 0.3) is 0 Å². The summed E-state index contributed by atoms with van der Waals surface area (Å²) in [6.45, 7) is 5.22. The van der Waals surface area contributed by atoms with Gasteiger partial charge in [0.1, 0.15) is 0 Å². The molecule has 1 saturated carbocycles. The maximum atomic E-state index is 6.42. The second kappa shape index (κ2) is 7.60. The molecule has 4 heteroatoms. The molecule has 114 valence electrons. The largest absolute Gasteiger partial charge is 0.327 e. The van der Waals surface area contributed by atoms with Crippen molar-refractivity contribution in [2.24, 2.45) is 11.7 Å². The molecule has 20 heavy (non-hydrogen) atoms. The summed E-state index contributed by atoms with van der Waals surface area (Å²) in [7, 11) is 0. The predicted octanol–water partition coefficient (Wildman–Crippen LogP) is 4.07. The van der Waals surface area contributed by atoms with Crippen LogP contribution < -0.4 is 5.73 Å². The van der Waals surface area contributed by atoms with E-state index in [0.717, 1.165) is 31.0 Å². The average Bonchev–Trinajstić information content (AvgIpc) is 2.76. The van der Waals surface area contributed by atoms with Crippen LogP contribution >= 0.6 is 15.9 Å². The third-order valence-corrected chi connectivity index (χ3v) is 5.43. The van der Waals surface area contributed by atoms with Gasteiger partial charge in [-0.15, -0.1) is 0 Å². The Bertz CT molecular complexity index is 422. The quantitative estimate of drug-likeness (QED) is 0.847. The van der Waals surface area contributed by atoms with Crippen molar-refractivity contribution in [1.29, 1.82) is 0 Å². The van der Waals surface area contributed by atoms with Gasteiger partial charge in [-0.25, -0.2) is 0 Å². The maximum absolute atomic E-state index is 6.42. The van der Waals surface area contributed by atoms with E-state index in [1.165, 1.54) is 48.7 Å². The first-order chi connectivity index (χ1) is 9.65. The fraction of sp³-hybridized carbons (Fsp3) is 0.812. The van der Waals surface area contributed by atoms with Gasteiger partial charge in [0.2, 0.25) is 0 Å². The van der Waals surface area contributed by atoms with Crippen molar-refractivity contribution in [3.8, 4) is 0 Å². The minimum atomic E-state index is 0.265. The summed E-state index contributed by atoms with van der Waals surface area (Å²) in [5.74, 6) is 0.848. The Morgan fingerprint density at radius 1 is 1.30 bits per heavy atom. The summed E-state index contributed by atoms with van der Waals surface area (Å²) in [5, 5.41) is 4.66. The molecule has 3 nitrogen and oxygen atoms in total. The monoisotopic (exact) mass is 341 g/mol. The van der Waals surface area contributed by atoms with Crippen LogP contribution in [0.3, 0.4) is 0 Å². The van der Waals surface area contributed by atoms with E-state index in [0.29, 0.717) is 0 Å². The summed E-state index contributed by atoms with van der Waals surface area (Å²) in [4.78, 5) is 0. The zero-order valence-corrected chi connectivity index (χ0v) is 14.5. The Balaban J connectivity index is 1.99. The molecule has 1 aliphatic carbocycles. The Morgan fingerprint density at radius 2 is 2.00 bits per heavy atom. The molecule has 0 amide bonds. The molecule has 1 aromatic rings. The van der Waals surface area contributed by atoms with Crippen molar-refractivity contribution in [2.75, 3.05) is 0 Å². The predicted molar refractivity (Wildman–Crippen MR) is 87.9 cm³/mol. The third-order valence-electron chi connectivity index (χ3n) is 4.51. The Hall–Kier alpha value is -0.350. The minimum Gasteiger partial charge on any atom is -0.327 e. The summed E-state index contributed by atoms with van der Waals surface area (Å²) >= 11 is 3.72. The highest BCUT2D eigenvalue weighted by Crippen LogP contribution is 2.29. The van der Waals surface area contributed by atoms with Gasteiger partial charge >= 0.3 is 0 Å². The van der Waals surface area contributed by atoms with Crippen LogP contribution in [0.4, 0.5) is 0 Å². The summed E-state index contributed by atoms with van der Waals surface area (Å²) in [5.41, 5.74) is 8.86. The number of nitrogens with two attached hydrogens (primary N) is 1. The summed E-state index contributed by atoms with van der Waals surface area (Å²) in [6, 6.07) is 0.265. The molecule has 0 saturated heterocycles. The number of hydrogen-bond acceptors (Lipinski definition) is 2. The SMILES string of the molecule is CCc1nn(CC)c(CC(N)CC2CCCCC2)c1Br. The van der Waals surface area contributed by atoms with Crippen molar-refractivity contribution < 1.29 is 0 Å². The van der Waals surface area contributed by atoms with E-state index in [-0.39, 0.29) is 6.04 Å². The molecule has 1 aliphatic rings. The normalized spacial score (nSPS) is 18.4. The van der Waals surface area contributed by atoms with Crippen molar-refractivity contribution in [3.63, 3.8) is 0 Å². The number of aryl methyl sites for hydroxylation is 2. The smallest absolute Gasteiger partial charge is 0.0766 e. The summed E-state index contributed by atoms with van der Waals surface area (Å²) in [6.07, 6.45) is 10.0. The Kier molecular flexibility index (Phi) is 6.09. The lowest BCUT2D eigenvalue weighted by Gasteiger charge is -2.24. The molecule has 1 unspecified atom stereocenters. The van der Waals surface area contributed by atoms with Gasteiger partial charge < -0.3 is 5.73 Å². The van der Waals surface area contributed by atoms with E-state index in [2.05, 4.69) is 39.6 Å². The highest BCUT2D eigenvalue weighted by Gasteiger charge is 2.20. The molecule has 1 heterocycles. The lowest BCUT2D eigenvalue weighted by atomic mass is 9.84. The molecular weight excluding hydrogens is 314 g/mol. The van der Waals surface area contributed by atoms with Crippen LogP contribution in [-0.4, -0.2) is 15.8 Å². The van der Waals surface area contributed by atoms with E-state index < -0.39 is 0 Å². The zero-order valence-electron chi connectivity index (χ0n) is 12.9. The average molecular weight is 342 g/mol. The maximum Gasteiger partial charge on any atom is 0.0766 e. The minimum absolute atomic E-state index is 0.265. The molecule has 0 radical (unpaired) electrons. The van der Waals surface area contributed by atoms with Gasteiger partial charge in [-0.3, -0.25) is 4.68 Å². The van der Waals surface area contributed by atoms with E-state index in [1.54, 1.807) is 0 Å². The van der Waals surface area contributed by atoms with E-state index in [1.807, 2.05) is 0 Å². The molecular formula is C16H28BrN3. The highest BCUT2D eigenvalue weighted by atomic mass is 79.9. The van der Waals surface area contributed by atoms with Crippen molar-refractivity contribution in [2.45, 2.75) is 77.8 Å². The number of rotatable bonds is 6. The van der Waals surface area contributed by atoms with Gasteiger partial charge in [0, 0.05) is 19.0 Å². The molecule has 0 aromatic carbocycles. The van der Waals surface area contributed by atoms with Crippen LogP contribution in [-0.2, 0) is 19.4 Å². The molecule has 2 N–H and O–H groups in total. The van der Waals surface area contributed by atoms with Crippen LogP contribution in [0.5, 0.6) is 0 Å². The highest BCUT2D eigenvalue weighted by molar-refractivity contribution is 9.10. The van der Waals surface area contributed by atoms with Crippen LogP contribution in [0.1, 0.15) is 63.8 Å². The van der Waals surface area contributed by atoms with Gasteiger partial charge in [0.15, 0.2) is 0 Å². The van der Waals surface area contributed by atoms with Gasteiger partial charge in [-0.2, -0.15) is 5.10 Å². The van der Waals surface area contributed by atoms with Gasteiger partial charge in [-0.05, 0) is 41.6 Å². The first-order valence-corrected chi connectivity index (χ1v) is 8.94. The lowest BCUT2D eigenvalue weighted by molar-refractivity contribution is 0.315. The zero-order chi connectivity index (χ0) is 14.5. The molecule has 0 spiro atoms. The van der Waals surface area contributed by atoms with E-state index in [4.69, 9.17) is 5.73 Å². The van der Waals surface area contributed by atoms with Crippen LogP contribution in [0.2, 0.25) is 0 Å². The molecule has 1 fully saturated rings. The van der Waals surface area contributed by atoms with Gasteiger partial charge in [0.25, 0.3) is 0 Å². The fourth-order valence-corrected chi connectivity index (χ4v) is 4.12. The second-order valence-electron chi connectivity index (χ2n) is 6.08. The van der Waals surface area contributed by atoms with E-state index in [9.17, 15) is 0 Å². The second-order valence-corrected chi connectivity index (χ2v) is 6.87. The Morgan fingerprint density at radius 3 is 2.60 bits per heavy atom. The van der Waals surface area contributed by atoms with Crippen LogP contribution in [0.15, 0.2) is 4.47 Å². The summed E-state index contributed by atoms with van der Waals surface area (Å²) < 4.78 is 3.30. The molecule has 1 atom stereocenters. The van der Waals surface area contributed by atoms with Gasteiger partial charge in [0.05, 0.1) is 15.9 Å². The number of halogens is 1. The molecule has 0 bridgehead atoms. The van der Waals surface area contributed by atoms with Crippen molar-refractivity contribution >= 4 is 15.9 Å². The lowest BCUT2D eigenvalue weighted by Crippen LogP contribution is -2.28. The first kappa shape index (κ1) is 16.0. The molecule has 1 aromatic heterocycles. The topological polar surface area (TPSA) is 43.8 Å². The van der Waals surface area contributed by atoms with Crippen molar-refractivity contribution in [3.05, 3.63) is 15.9 Å². The molecule has 2 rings (SSSR count). The van der Waals surface area contributed by atoms with Gasteiger partial charge in [-0.1, -0.05) is 39.0 Å². The van der Waals surface area contributed by atoms with E-state index >= 15 is 0 Å². The first-order valence-electron chi connectivity index (χ1n) is 8.15. The fourth-order valence-electron chi connectivity index (χ4n) is 3.39. The molecule has 0 aliphatic heterocycles. The standard InChI is InChI=1S/C16H28BrN3/c1-3-14-16(17)15(20(4-2)19-14)11-13(18)10-12-8-6-5-7-9-12/h12-13H,3-11,18H2,1-2H3. The Labute approximate surface area is 131 Å². The number of hydrogen-bond donors (Lipinski definition) is 1. The number of aromatic nitrogens is 2.